The van der Waals surface area contributed by atoms with Crippen LogP contribution in [0.4, 0.5) is 11.4 Å². The van der Waals surface area contributed by atoms with Gasteiger partial charge in [-0.1, -0.05) is 42.5 Å². The Bertz CT molecular complexity index is 1560. The average Bonchev–Trinajstić information content (AvgIpc) is 2.97. The standard InChI is InChI=1S/C28H27N5O5S/c34-33(35)25-8-1-2-9-27(25)39(36,37)31-18-21-10-12-22(13-11-21)19-32(20-23-6-3-4-15-29-23)26-14-16-30-24-7-5-17-38-28(24)26/h1-4,6,8-16,31H,5,7,17-20H2. The molecule has 0 spiro atoms. The molecule has 39 heavy (non-hydrogen) atoms. The number of para-hydroxylation sites is 1. The van der Waals surface area contributed by atoms with Gasteiger partial charge in [-0.05, 0) is 48.2 Å². The first-order chi connectivity index (χ1) is 18.9. The number of nitrogens with one attached hydrogen (secondary N) is 1. The predicted octanol–water partition coefficient (Wildman–Crippen LogP) is 4.40. The maximum Gasteiger partial charge on any atom is 0.289 e. The first-order valence-electron chi connectivity index (χ1n) is 12.5. The normalized spacial score (nSPS) is 12.8. The van der Waals surface area contributed by atoms with Crippen LogP contribution in [0.25, 0.3) is 0 Å². The Morgan fingerprint density at radius 3 is 2.46 bits per heavy atom. The van der Waals surface area contributed by atoms with Crippen molar-refractivity contribution in [3.05, 3.63) is 118 Å². The smallest absolute Gasteiger partial charge is 0.289 e. The summed E-state index contributed by atoms with van der Waals surface area (Å²) in [5, 5.41) is 11.3. The van der Waals surface area contributed by atoms with Crippen LogP contribution in [0, 0.1) is 10.1 Å². The quantitative estimate of drug-likeness (QED) is 0.230. The lowest BCUT2D eigenvalue weighted by Gasteiger charge is -2.29. The predicted molar refractivity (Wildman–Crippen MR) is 146 cm³/mol. The zero-order valence-electron chi connectivity index (χ0n) is 21.1. The van der Waals surface area contributed by atoms with Gasteiger partial charge in [0.05, 0.1) is 35.2 Å². The molecule has 1 aliphatic rings. The van der Waals surface area contributed by atoms with Crippen molar-refractivity contribution in [1.82, 2.24) is 14.7 Å². The van der Waals surface area contributed by atoms with E-state index in [0.29, 0.717) is 19.7 Å². The van der Waals surface area contributed by atoms with Crippen molar-refractivity contribution in [3.8, 4) is 5.75 Å². The highest BCUT2D eigenvalue weighted by Crippen LogP contribution is 2.35. The Labute approximate surface area is 226 Å². The summed E-state index contributed by atoms with van der Waals surface area (Å²) in [6.07, 6.45) is 5.39. The van der Waals surface area contributed by atoms with E-state index in [9.17, 15) is 18.5 Å². The number of rotatable bonds is 10. The molecule has 0 fully saturated rings. The number of ether oxygens (including phenoxy) is 1. The molecule has 11 heteroatoms. The van der Waals surface area contributed by atoms with Crippen molar-refractivity contribution >= 4 is 21.4 Å². The van der Waals surface area contributed by atoms with Gasteiger partial charge in [0.1, 0.15) is 0 Å². The molecule has 200 valence electrons. The molecular weight excluding hydrogens is 518 g/mol. The van der Waals surface area contributed by atoms with Gasteiger partial charge in [0.15, 0.2) is 10.6 Å². The van der Waals surface area contributed by atoms with Crippen LogP contribution in [0.1, 0.15) is 28.9 Å². The number of benzene rings is 2. The molecule has 10 nitrogen and oxygen atoms in total. The molecule has 4 aromatic rings. The van der Waals surface area contributed by atoms with E-state index >= 15 is 0 Å². The number of nitrogens with zero attached hydrogens (tertiary/aromatic N) is 4. The number of anilines is 1. The van der Waals surface area contributed by atoms with E-state index in [4.69, 9.17) is 4.74 Å². The maximum absolute atomic E-state index is 12.7. The molecule has 0 unspecified atom stereocenters. The summed E-state index contributed by atoms with van der Waals surface area (Å²) in [6.45, 7) is 1.79. The molecule has 0 radical (unpaired) electrons. The van der Waals surface area contributed by atoms with Crippen LogP contribution in [-0.4, -0.2) is 29.9 Å². The molecule has 5 rings (SSSR count). The van der Waals surface area contributed by atoms with Crippen molar-refractivity contribution in [3.63, 3.8) is 0 Å². The summed E-state index contributed by atoms with van der Waals surface area (Å²) in [5.41, 5.74) is 4.09. The number of nitro benzene ring substituents is 1. The van der Waals surface area contributed by atoms with Crippen LogP contribution < -0.4 is 14.4 Å². The third-order valence-electron chi connectivity index (χ3n) is 6.40. The van der Waals surface area contributed by atoms with Gasteiger partial charge >= 0.3 is 0 Å². The number of hydrogen-bond donors (Lipinski definition) is 1. The molecular formula is C28H27N5O5S. The Morgan fingerprint density at radius 2 is 1.69 bits per heavy atom. The van der Waals surface area contributed by atoms with E-state index in [2.05, 4.69) is 19.6 Å². The van der Waals surface area contributed by atoms with E-state index in [1.165, 1.54) is 24.3 Å². The average molecular weight is 546 g/mol. The summed E-state index contributed by atoms with van der Waals surface area (Å²) in [5.74, 6) is 0.806. The molecule has 0 aliphatic carbocycles. The number of sulfonamides is 1. The number of hydrogen-bond acceptors (Lipinski definition) is 8. The van der Waals surface area contributed by atoms with Crippen molar-refractivity contribution in [2.24, 2.45) is 0 Å². The zero-order valence-corrected chi connectivity index (χ0v) is 21.9. The fourth-order valence-corrected chi connectivity index (χ4v) is 5.65. The molecule has 0 saturated heterocycles. The van der Waals surface area contributed by atoms with Crippen LogP contribution >= 0.6 is 0 Å². The van der Waals surface area contributed by atoms with E-state index in [-0.39, 0.29) is 11.4 Å². The fraction of sp³-hybridized carbons (Fsp3) is 0.214. The van der Waals surface area contributed by atoms with Gasteiger partial charge in [0.2, 0.25) is 10.0 Å². The lowest BCUT2D eigenvalue weighted by molar-refractivity contribution is -0.387. The molecule has 0 atom stereocenters. The lowest BCUT2D eigenvalue weighted by Crippen LogP contribution is -2.25. The Morgan fingerprint density at radius 1 is 0.923 bits per heavy atom. The Kier molecular flexibility index (Phi) is 7.80. The number of aryl methyl sites for hydroxylation is 1. The number of nitro groups is 1. The highest BCUT2D eigenvalue weighted by atomic mass is 32.2. The van der Waals surface area contributed by atoms with Crippen LogP contribution in [0.3, 0.4) is 0 Å². The Hall–Kier alpha value is -4.35. The van der Waals surface area contributed by atoms with Gasteiger partial charge in [-0.3, -0.25) is 20.1 Å². The van der Waals surface area contributed by atoms with Gasteiger partial charge in [-0.15, -0.1) is 0 Å². The van der Waals surface area contributed by atoms with E-state index < -0.39 is 20.6 Å². The highest BCUT2D eigenvalue weighted by molar-refractivity contribution is 7.89. The molecule has 2 aromatic heterocycles. The van der Waals surface area contributed by atoms with E-state index in [1.807, 2.05) is 48.5 Å². The van der Waals surface area contributed by atoms with Crippen molar-refractivity contribution in [2.75, 3.05) is 11.5 Å². The molecule has 0 bridgehead atoms. The third-order valence-corrected chi connectivity index (χ3v) is 7.84. The summed E-state index contributed by atoms with van der Waals surface area (Å²) in [6, 6.07) is 20.6. The molecule has 1 N–H and O–H groups in total. The largest absolute Gasteiger partial charge is 0.489 e. The van der Waals surface area contributed by atoms with Crippen molar-refractivity contribution in [1.29, 1.82) is 0 Å². The topological polar surface area (TPSA) is 128 Å². The second-order valence-corrected chi connectivity index (χ2v) is 10.8. The van der Waals surface area contributed by atoms with E-state index in [1.54, 1.807) is 12.4 Å². The van der Waals surface area contributed by atoms with Gasteiger partial charge < -0.3 is 9.64 Å². The molecule has 0 amide bonds. The van der Waals surface area contributed by atoms with Gasteiger partial charge in [-0.2, -0.15) is 0 Å². The second-order valence-electron chi connectivity index (χ2n) is 9.10. The fourth-order valence-electron chi connectivity index (χ4n) is 4.47. The minimum absolute atomic E-state index is 0.00197. The van der Waals surface area contributed by atoms with Crippen LogP contribution in [0.2, 0.25) is 0 Å². The van der Waals surface area contributed by atoms with Crippen molar-refractivity contribution < 1.29 is 18.1 Å². The van der Waals surface area contributed by atoms with Crippen LogP contribution in [0.15, 0.2) is 90.1 Å². The minimum atomic E-state index is -4.07. The minimum Gasteiger partial charge on any atom is -0.489 e. The Balaban J connectivity index is 1.33. The maximum atomic E-state index is 12.7. The second kappa shape index (κ2) is 11.6. The van der Waals surface area contributed by atoms with Crippen LogP contribution in [-0.2, 0) is 36.1 Å². The summed E-state index contributed by atoms with van der Waals surface area (Å²) in [7, 11) is -4.07. The number of aromatic nitrogens is 2. The van der Waals surface area contributed by atoms with Crippen molar-refractivity contribution in [2.45, 2.75) is 37.4 Å². The van der Waals surface area contributed by atoms with Gasteiger partial charge in [0.25, 0.3) is 5.69 Å². The number of fused-ring (bicyclic) bond motifs is 1. The molecule has 3 heterocycles. The first kappa shape index (κ1) is 26.3. The van der Waals surface area contributed by atoms with Gasteiger partial charge in [-0.25, -0.2) is 13.1 Å². The molecule has 0 saturated carbocycles. The van der Waals surface area contributed by atoms with Gasteiger partial charge in [0, 0.05) is 31.5 Å². The monoisotopic (exact) mass is 545 g/mol. The SMILES string of the molecule is O=[N+]([O-])c1ccccc1S(=O)(=O)NCc1ccc(CN(Cc2ccccn2)c2ccnc3c2OCCC3)cc1. The zero-order chi connectivity index (χ0) is 27.2. The summed E-state index contributed by atoms with van der Waals surface area (Å²) >= 11 is 0. The summed E-state index contributed by atoms with van der Waals surface area (Å²) in [4.78, 5) is 21.4. The summed E-state index contributed by atoms with van der Waals surface area (Å²) < 4.78 is 34.0. The third kappa shape index (κ3) is 6.21. The molecule has 1 aliphatic heterocycles. The van der Waals surface area contributed by atoms with E-state index in [0.717, 1.165) is 46.8 Å². The van der Waals surface area contributed by atoms with Crippen LogP contribution in [0.5, 0.6) is 5.75 Å². The number of pyridine rings is 2. The molecule has 2 aromatic carbocycles. The highest BCUT2D eigenvalue weighted by Gasteiger charge is 2.25. The first-order valence-corrected chi connectivity index (χ1v) is 14.0. The lowest BCUT2D eigenvalue weighted by atomic mass is 10.1.